The van der Waals surface area contributed by atoms with Gasteiger partial charge in [-0.05, 0) is 24.7 Å². The standard InChI is InChI=1S/C20H31N5O2/c1-13(2)10-25-18(26)16-17(22(4)20(25)27)21-19-23(11-14(3)12-24(16)19)15-8-6-5-7-9-15/h13-15H,5-12H2,1-4H3/t14-/m0/s1. The fourth-order valence-electron chi connectivity index (χ4n) is 4.77. The zero-order valence-electron chi connectivity index (χ0n) is 16.9. The largest absolute Gasteiger partial charge is 0.339 e. The Bertz CT molecular complexity index is 961. The summed E-state index contributed by atoms with van der Waals surface area (Å²) in [4.78, 5) is 33.2. The van der Waals surface area contributed by atoms with Crippen LogP contribution >= 0.6 is 0 Å². The smallest absolute Gasteiger partial charge is 0.332 e. The molecule has 0 unspecified atom stereocenters. The Morgan fingerprint density at radius 2 is 1.81 bits per heavy atom. The molecule has 7 heteroatoms. The molecule has 2 aromatic heterocycles. The molecule has 3 heterocycles. The summed E-state index contributed by atoms with van der Waals surface area (Å²) in [6, 6.07) is 0.493. The first-order valence-corrected chi connectivity index (χ1v) is 10.3. The maximum Gasteiger partial charge on any atom is 0.332 e. The number of aromatic nitrogens is 4. The maximum absolute atomic E-state index is 13.2. The number of fused-ring (bicyclic) bond motifs is 3. The zero-order valence-corrected chi connectivity index (χ0v) is 16.9. The Hall–Kier alpha value is -2.05. The van der Waals surface area contributed by atoms with Crippen LogP contribution in [0, 0.1) is 11.8 Å². The Morgan fingerprint density at radius 3 is 2.48 bits per heavy atom. The van der Waals surface area contributed by atoms with Crippen LogP contribution in [0.2, 0.25) is 0 Å². The lowest BCUT2D eigenvalue weighted by molar-refractivity contribution is 0.354. The van der Waals surface area contributed by atoms with Crippen LogP contribution in [-0.4, -0.2) is 31.3 Å². The van der Waals surface area contributed by atoms with E-state index in [1.165, 1.54) is 36.7 Å². The molecule has 27 heavy (non-hydrogen) atoms. The minimum atomic E-state index is -0.270. The third-order valence-corrected chi connectivity index (χ3v) is 6.04. The predicted octanol–water partition coefficient (Wildman–Crippen LogP) is 2.34. The van der Waals surface area contributed by atoms with E-state index in [2.05, 4.69) is 16.4 Å². The van der Waals surface area contributed by atoms with Crippen LogP contribution in [0.1, 0.15) is 52.9 Å². The maximum atomic E-state index is 13.2. The molecule has 0 amide bonds. The molecule has 0 radical (unpaired) electrons. The van der Waals surface area contributed by atoms with Gasteiger partial charge in [0.25, 0.3) is 5.56 Å². The molecule has 0 N–H and O–H groups in total. The summed E-state index contributed by atoms with van der Waals surface area (Å²) in [6.45, 7) is 8.47. The van der Waals surface area contributed by atoms with Crippen LogP contribution in [0.5, 0.6) is 0 Å². The molecular formula is C20H31N5O2. The summed E-state index contributed by atoms with van der Waals surface area (Å²) in [5.41, 5.74) is 0.641. The van der Waals surface area contributed by atoms with Gasteiger partial charge in [-0.3, -0.25) is 13.9 Å². The first kappa shape index (κ1) is 18.3. The van der Waals surface area contributed by atoms with Gasteiger partial charge < -0.3 is 9.47 Å². The van der Waals surface area contributed by atoms with Gasteiger partial charge in [-0.15, -0.1) is 0 Å². The summed E-state index contributed by atoms with van der Waals surface area (Å²) < 4.78 is 5.01. The lowest BCUT2D eigenvalue weighted by Crippen LogP contribution is -2.45. The Labute approximate surface area is 159 Å². The molecule has 4 rings (SSSR count). The van der Waals surface area contributed by atoms with Crippen LogP contribution in [0.3, 0.4) is 0 Å². The minimum absolute atomic E-state index is 0.196. The number of rotatable bonds is 3. The molecule has 0 saturated heterocycles. The SMILES string of the molecule is CC(C)Cn1c(=O)c2c(nc3n2C[C@@H](C)CN3C2CCCCC2)n(C)c1=O. The quantitative estimate of drug-likeness (QED) is 0.828. The summed E-state index contributed by atoms with van der Waals surface area (Å²) in [5.74, 6) is 1.56. The van der Waals surface area contributed by atoms with Crippen molar-refractivity contribution < 1.29 is 0 Å². The van der Waals surface area contributed by atoms with E-state index in [1.54, 1.807) is 11.6 Å². The molecule has 2 aliphatic rings. The van der Waals surface area contributed by atoms with Crippen LogP contribution in [0.25, 0.3) is 11.2 Å². The van der Waals surface area contributed by atoms with Crippen molar-refractivity contribution >= 4 is 17.1 Å². The molecule has 0 spiro atoms. The van der Waals surface area contributed by atoms with E-state index in [0.717, 1.165) is 19.0 Å². The first-order chi connectivity index (χ1) is 12.9. The summed E-state index contributed by atoms with van der Waals surface area (Å²) in [7, 11) is 1.73. The van der Waals surface area contributed by atoms with Crippen LogP contribution in [-0.2, 0) is 20.1 Å². The zero-order chi connectivity index (χ0) is 19.3. The summed E-state index contributed by atoms with van der Waals surface area (Å²) in [5, 5.41) is 0. The van der Waals surface area contributed by atoms with Gasteiger partial charge in [-0.2, -0.15) is 4.98 Å². The number of nitrogens with zero attached hydrogens (tertiary/aromatic N) is 5. The van der Waals surface area contributed by atoms with Crippen molar-refractivity contribution in [1.29, 1.82) is 0 Å². The van der Waals surface area contributed by atoms with E-state index in [4.69, 9.17) is 4.98 Å². The Balaban J connectivity index is 1.92. The molecular weight excluding hydrogens is 342 g/mol. The molecule has 1 fully saturated rings. The van der Waals surface area contributed by atoms with Gasteiger partial charge in [0.1, 0.15) is 0 Å². The van der Waals surface area contributed by atoms with E-state index in [9.17, 15) is 9.59 Å². The predicted molar refractivity (Wildman–Crippen MR) is 107 cm³/mol. The van der Waals surface area contributed by atoms with E-state index in [0.29, 0.717) is 29.7 Å². The van der Waals surface area contributed by atoms with Gasteiger partial charge in [0.2, 0.25) is 5.95 Å². The minimum Gasteiger partial charge on any atom is -0.339 e. The Kier molecular flexibility index (Phi) is 4.64. The van der Waals surface area contributed by atoms with Crippen molar-refractivity contribution in [1.82, 2.24) is 18.7 Å². The van der Waals surface area contributed by atoms with E-state index < -0.39 is 0 Å². The number of hydrogen-bond donors (Lipinski definition) is 0. The van der Waals surface area contributed by atoms with Crippen molar-refractivity contribution in [3.63, 3.8) is 0 Å². The van der Waals surface area contributed by atoms with Gasteiger partial charge in [0, 0.05) is 32.7 Å². The Morgan fingerprint density at radius 1 is 1.11 bits per heavy atom. The van der Waals surface area contributed by atoms with E-state index in [1.807, 2.05) is 13.8 Å². The fourth-order valence-corrected chi connectivity index (χ4v) is 4.77. The fraction of sp³-hybridized carbons (Fsp3) is 0.750. The average molecular weight is 374 g/mol. The van der Waals surface area contributed by atoms with Gasteiger partial charge in [-0.25, -0.2) is 4.79 Å². The number of anilines is 1. The van der Waals surface area contributed by atoms with E-state index >= 15 is 0 Å². The molecule has 148 valence electrons. The van der Waals surface area contributed by atoms with Crippen molar-refractivity contribution in [3.8, 4) is 0 Å². The molecule has 1 saturated carbocycles. The lowest BCUT2D eigenvalue weighted by Gasteiger charge is -2.40. The molecule has 1 atom stereocenters. The molecule has 0 aromatic carbocycles. The number of imidazole rings is 1. The average Bonchev–Trinajstić information content (AvgIpc) is 3.03. The highest BCUT2D eigenvalue weighted by molar-refractivity contribution is 5.75. The first-order valence-electron chi connectivity index (χ1n) is 10.3. The molecule has 2 aromatic rings. The highest BCUT2D eigenvalue weighted by atomic mass is 16.2. The highest BCUT2D eigenvalue weighted by Crippen LogP contribution is 2.32. The van der Waals surface area contributed by atoms with Crippen molar-refractivity contribution in [2.75, 3.05) is 11.4 Å². The molecule has 1 aliphatic heterocycles. The third kappa shape index (κ3) is 3.01. The number of aryl methyl sites for hydroxylation is 1. The van der Waals surface area contributed by atoms with E-state index in [-0.39, 0.29) is 17.2 Å². The molecule has 1 aliphatic carbocycles. The molecule has 7 nitrogen and oxygen atoms in total. The van der Waals surface area contributed by atoms with Crippen LogP contribution in [0.4, 0.5) is 5.95 Å². The van der Waals surface area contributed by atoms with Crippen molar-refractivity contribution in [2.24, 2.45) is 18.9 Å². The second-order valence-corrected chi connectivity index (χ2v) is 8.90. The normalized spacial score (nSPS) is 21.2. The van der Waals surface area contributed by atoms with Crippen molar-refractivity contribution in [2.45, 2.75) is 72.0 Å². The topological polar surface area (TPSA) is 65.1 Å². The van der Waals surface area contributed by atoms with Gasteiger partial charge in [0.05, 0.1) is 0 Å². The highest BCUT2D eigenvalue weighted by Gasteiger charge is 2.33. The van der Waals surface area contributed by atoms with Gasteiger partial charge >= 0.3 is 5.69 Å². The van der Waals surface area contributed by atoms with Gasteiger partial charge in [0.15, 0.2) is 11.2 Å². The lowest BCUT2D eigenvalue weighted by atomic mass is 9.93. The number of hydrogen-bond acceptors (Lipinski definition) is 4. The summed E-state index contributed by atoms with van der Waals surface area (Å²) >= 11 is 0. The van der Waals surface area contributed by atoms with Crippen molar-refractivity contribution in [3.05, 3.63) is 20.8 Å². The van der Waals surface area contributed by atoms with Crippen LogP contribution < -0.4 is 16.1 Å². The third-order valence-electron chi connectivity index (χ3n) is 6.04. The monoisotopic (exact) mass is 373 g/mol. The second kappa shape index (κ2) is 6.84. The second-order valence-electron chi connectivity index (χ2n) is 8.90. The summed E-state index contributed by atoms with van der Waals surface area (Å²) in [6.07, 6.45) is 6.20. The molecule has 0 bridgehead atoms. The van der Waals surface area contributed by atoms with Crippen LogP contribution in [0.15, 0.2) is 9.59 Å². The van der Waals surface area contributed by atoms with Gasteiger partial charge in [-0.1, -0.05) is 40.0 Å².